The number of hydrogen-bond donors (Lipinski definition) is 2. The van der Waals surface area contributed by atoms with Crippen LogP contribution < -0.4 is 62.4 Å². The Balaban J connectivity index is -0.0000000569. The topological polar surface area (TPSA) is 72.2 Å². The van der Waals surface area contributed by atoms with E-state index in [0.717, 1.165) is 19.3 Å². The van der Waals surface area contributed by atoms with Crippen LogP contribution in [0.2, 0.25) is 0 Å². The minimum absolute atomic E-state index is 0. The summed E-state index contributed by atoms with van der Waals surface area (Å²) in [6.45, 7) is 4.29. The maximum absolute atomic E-state index is 9.42. The molecule has 4 nitrogen and oxygen atoms in total. The number of hydrogen-bond acceptors (Lipinski definition) is 2. The third kappa shape index (κ3) is 41.3. The molecule has 0 bridgehead atoms. The standard InChI is InChI=1S/C5H9NO.CH2NO.K.Y/c1-2-3-4-6-5-7;2-1-3;;/h1-4H2,(H,6,7);(H2,2,3);;/q-2;-1;+1;. The molecule has 1 radical (unpaired) electrons. The summed E-state index contributed by atoms with van der Waals surface area (Å²) in [6, 6.07) is 0. The van der Waals surface area contributed by atoms with Crippen molar-refractivity contribution in [1.82, 2.24) is 5.32 Å². The molecule has 0 heterocycles. The minimum Gasteiger partial charge on any atom is -0.543 e. The average Bonchev–Trinajstić information content (AvgIpc) is 1.91. The van der Waals surface area contributed by atoms with Crippen LogP contribution in [0.15, 0.2) is 0 Å². The van der Waals surface area contributed by atoms with E-state index in [1.54, 1.807) is 6.41 Å². The van der Waals surface area contributed by atoms with Gasteiger partial charge in [-0.25, -0.2) is 0 Å². The van der Waals surface area contributed by atoms with Gasteiger partial charge in [-0.3, -0.25) is 0 Å². The fraction of sp³-hybridized carbons (Fsp3) is 0.500. The van der Waals surface area contributed by atoms with Crippen LogP contribution >= 0.6 is 0 Å². The van der Waals surface area contributed by atoms with Crippen LogP contribution in [-0.2, 0) is 42.3 Å². The molecule has 0 aliphatic rings. The van der Waals surface area contributed by atoms with Gasteiger partial charge in [-0.15, -0.1) is 0 Å². The summed E-state index contributed by atoms with van der Waals surface area (Å²) < 4.78 is 0. The van der Waals surface area contributed by atoms with Crippen LogP contribution in [0.3, 0.4) is 0 Å². The molecule has 0 aliphatic heterocycles. The fourth-order valence-electron chi connectivity index (χ4n) is 0.264. The van der Waals surface area contributed by atoms with Crippen LogP contribution in [-0.4, -0.2) is 19.4 Å². The van der Waals surface area contributed by atoms with Crippen molar-refractivity contribution in [2.45, 2.75) is 12.8 Å². The van der Waals surface area contributed by atoms with Crippen molar-refractivity contribution in [3.8, 4) is 0 Å². The monoisotopic (exact) mass is 271 g/mol. The van der Waals surface area contributed by atoms with Gasteiger partial charge in [0.25, 0.3) is 0 Å². The molecule has 0 aromatic heterocycles. The first-order valence-corrected chi connectivity index (χ1v) is 2.80. The maximum atomic E-state index is 9.42. The molecule has 0 aromatic rings. The molecule has 6 heteroatoms. The molecular formula is C6H11KN2O2Y-2. The minimum atomic E-state index is 0. The van der Waals surface area contributed by atoms with E-state index in [1.165, 1.54) is 0 Å². The second-order valence-corrected chi connectivity index (χ2v) is 1.35. The molecule has 63 valence electrons. The van der Waals surface area contributed by atoms with Gasteiger partial charge in [-0.2, -0.15) is 19.2 Å². The van der Waals surface area contributed by atoms with Crippen molar-refractivity contribution < 1.29 is 93.7 Å². The molecule has 0 fully saturated rings. The predicted octanol–water partition coefficient (Wildman–Crippen LogP) is -3.73. The van der Waals surface area contributed by atoms with E-state index < -0.39 is 0 Å². The summed E-state index contributed by atoms with van der Waals surface area (Å²) in [5, 5.41) is 2.40. The first kappa shape index (κ1) is 23.5. The molecule has 0 unspecified atom stereocenters. The Bertz CT molecular complexity index is 85.9. The maximum Gasteiger partial charge on any atom is 1.00 e. The molecule has 12 heavy (non-hydrogen) atoms. The molecule has 2 amide bonds. The largest absolute Gasteiger partial charge is 1.00 e. The zero-order valence-corrected chi connectivity index (χ0v) is 13.3. The Hall–Kier alpha value is 1.68. The van der Waals surface area contributed by atoms with E-state index in [0.29, 0.717) is 6.54 Å². The predicted molar refractivity (Wildman–Crippen MR) is 38.2 cm³/mol. The second-order valence-electron chi connectivity index (χ2n) is 1.35. The van der Waals surface area contributed by atoms with Gasteiger partial charge in [-0.1, -0.05) is 6.42 Å². The van der Waals surface area contributed by atoms with Crippen LogP contribution in [0.1, 0.15) is 12.8 Å². The second kappa shape index (κ2) is 29.3. The van der Waals surface area contributed by atoms with Gasteiger partial charge in [0, 0.05) is 32.7 Å². The van der Waals surface area contributed by atoms with E-state index in [9.17, 15) is 4.79 Å². The van der Waals surface area contributed by atoms with E-state index in [4.69, 9.17) is 4.79 Å². The average molecular weight is 271 g/mol. The SMILES string of the molecule is N[C-]=O.[CH2-]CCCN[C-]=O.[K+].[Y]. The Morgan fingerprint density at radius 3 is 2.08 bits per heavy atom. The molecule has 0 aromatic carbocycles. The van der Waals surface area contributed by atoms with Crippen molar-refractivity contribution in [3.05, 3.63) is 6.92 Å². The van der Waals surface area contributed by atoms with Gasteiger partial charge >= 0.3 is 51.4 Å². The van der Waals surface area contributed by atoms with Crippen molar-refractivity contribution >= 4 is 12.8 Å². The van der Waals surface area contributed by atoms with Crippen LogP contribution in [0.5, 0.6) is 0 Å². The third-order valence-corrected chi connectivity index (χ3v) is 0.624. The number of nitrogens with two attached hydrogens (primary N) is 1. The number of amides is 2. The summed E-state index contributed by atoms with van der Waals surface area (Å²) in [7, 11) is 0. The van der Waals surface area contributed by atoms with Crippen molar-refractivity contribution in [2.24, 2.45) is 5.73 Å². The molecule has 0 spiro atoms. The number of rotatable bonds is 4. The van der Waals surface area contributed by atoms with Crippen molar-refractivity contribution in [3.63, 3.8) is 0 Å². The number of carbonyl (C=O) groups excluding carboxylic acids is 2. The normalized spacial score (nSPS) is 5.75. The fourth-order valence-corrected chi connectivity index (χ4v) is 0.264. The summed E-state index contributed by atoms with van der Waals surface area (Å²) in [5.74, 6) is 0. The van der Waals surface area contributed by atoms with Crippen molar-refractivity contribution in [1.29, 1.82) is 0 Å². The van der Waals surface area contributed by atoms with E-state index >= 15 is 0 Å². The van der Waals surface area contributed by atoms with E-state index in [1.807, 2.05) is 0 Å². The van der Waals surface area contributed by atoms with Gasteiger partial charge in [0.05, 0.1) is 0 Å². The molecule has 0 atom stereocenters. The Labute approximate surface area is 141 Å². The Kier molecular flexibility index (Phi) is 57.4. The van der Waals surface area contributed by atoms with Crippen LogP contribution in [0.4, 0.5) is 0 Å². The first-order valence-electron chi connectivity index (χ1n) is 2.80. The Morgan fingerprint density at radius 2 is 1.83 bits per heavy atom. The summed E-state index contributed by atoms with van der Waals surface area (Å²) >= 11 is 0. The number of unbranched alkanes of at least 4 members (excludes halogenated alkanes) is 1. The van der Waals surface area contributed by atoms with Gasteiger partial charge in [0.15, 0.2) is 0 Å². The van der Waals surface area contributed by atoms with Gasteiger partial charge < -0.3 is 27.6 Å². The van der Waals surface area contributed by atoms with Crippen LogP contribution in [0, 0.1) is 6.92 Å². The quantitative estimate of drug-likeness (QED) is 0.239. The molecule has 0 saturated carbocycles. The zero-order valence-electron chi connectivity index (χ0n) is 7.30. The molecular weight excluding hydrogens is 260 g/mol. The van der Waals surface area contributed by atoms with Gasteiger partial charge in [-0.05, 0) is 6.54 Å². The van der Waals surface area contributed by atoms with E-state index in [-0.39, 0.29) is 84.1 Å². The molecule has 0 aliphatic carbocycles. The third-order valence-electron chi connectivity index (χ3n) is 0.624. The van der Waals surface area contributed by atoms with Crippen molar-refractivity contribution in [2.75, 3.05) is 6.54 Å². The number of nitrogens with one attached hydrogen (secondary N) is 1. The summed E-state index contributed by atoms with van der Waals surface area (Å²) in [4.78, 5) is 17.9. The first-order chi connectivity index (χ1) is 4.83. The number of primary amides is 1. The molecule has 0 saturated heterocycles. The van der Waals surface area contributed by atoms with Gasteiger partial charge in [0.1, 0.15) is 0 Å². The zero-order chi connectivity index (χ0) is 8.24. The smallest absolute Gasteiger partial charge is 0.543 e. The summed E-state index contributed by atoms with van der Waals surface area (Å²) in [5.41, 5.74) is 4.04. The van der Waals surface area contributed by atoms with E-state index in [2.05, 4.69) is 18.0 Å². The van der Waals surface area contributed by atoms with Crippen LogP contribution in [0.25, 0.3) is 0 Å². The summed E-state index contributed by atoms with van der Waals surface area (Å²) in [6.07, 6.45) is 4.38. The Morgan fingerprint density at radius 1 is 1.42 bits per heavy atom. The molecule has 0 rings (SSSR count). The molecule has 3 N–H and O–H groups in total. The van der Waals surface area contributed by atoms with Gasteiger partial charge in [0.2, 0.25) is 0 Å².